The van der Waals surface area contributed by atoms with E-state index >= 15 is 0 Å². The number of hydrogen-bond acceptors (Lipinski definition) is 1. The van der Waals surface area contributed by atoms with E-state index in [0.717, 1.165) is 20.3 Å². The molecule has 0 aliphatic rings. The zero-order valence-electron chi connectivity index (χ0n) is 11.2. The Kier molecular flexibility index (Phi) is 4.42. The molecule has 1 nitrogen and oxygen atoms in total. The van der Waals surface area contributed by atoms with Gasteiger partial charge in [-0.05, 0) is 57.4 Å². The summed E-state index contributed by atoms with van der Waals surface area (Å²) in [6.07, 6.45) is 0. The summed E-state index contributed by atoms with van der Waals surface area (Å²) < 4.78 is 2.09. The van der Waals surface area contributed by atoms with Crippen LogP contribution in [0.4, 0.5) is 11.4 Å². The molecule has 104 valence electrons. The van der Waals surface area contributed by atoms with E-state index in [-0.39, 0.29) is 0 Å². The molecule has 0 saturated carbocycles. The first-order chi connectivity index (χ1) is 10.2. The Balaban J connectivity index is 1.81. The zero-order valence-corrected chi connectivity index (χ0v) is 14.4. The standard InChI is InChI=1S/C18H13Br2N/c19-15-8-11-18(17(20)12-15)21-16-9-6-14(7-10-16)13-4-2-1-3-5-13/h1-12,21H. The molecule has 0 radical (unpaired) electrons. The third-order valence-corrected chi connectivity index (χ3v) is 4.35. The van der Waals surface area contributed by atoms with E-state index in [0.29, 0.717) is 0 Å². The average molecular weight is 403 g/mol. The first-order valence-electron chi connectivity index (χ1n) is 6.60. The summed E-state index contributed by atoms with van der Waals surface area (Å²) in [6.45, 7) is 0. The first-order valence-corrected chi connectivity index (χ1v) is 8.18. The SMILES string of the molecule is Brc1ccc(Nc2ccc(-c3ccccc3)cc2)c(Br)c1. The van der Waals surface area contributed by atoms with Gasteiger partial charge < -0.3 is 5.32 Å². The molecule has 0 aliphatic carbocycles. The Morgan fingerprint density at radius 3 is 2.00 bits per heavy atom. The molecule has 0 atom stereocenters. The van der Waals surface area contributed by atoms with E-state index in [2.05, 4.69) is 85.7 Å². The maximum atomic E-state index is 3.56. The van der Waals surface area contributed by atoms with Gasteiger partial charge in [-0.15, -0.1) is 0 Å². The summed E-state index contributed by atoms with van der Waals surface area (Å²) in [6, 6.07) is 24.9. The molecule has 0 unspecified atom stereocenters. The predicted octanol–water partition coefficient (Wildman–Crippen LogP) is 6.62. The second kappa shape index (κ2) is 6.46. The van der Waals surface area contributed by atoms with Gasteiger partial charge in [0.15, 0.2) is 0 Å². The van der Waals surface area contributed by atoms with Crippen molar-refractivity contribution in [2.75, 3.05) is 5.32 Å². The predicted molar refractivity (Wildman–Crippen MR) is 97.0 cm³/mol. The van der Waals surface area contributed by atoms with Crippen molar-refractivity contribution in [2.45, 2.75) is 0 Å². The zero-order chi connectivity index (χ0) is 14.7. The van der Waals surface area contributed by atoms with Crippen LogP contribution in [0.3, 0.4) is 0 Å². The van der Waals surface area contributed by atoms with Crippen LogP contribution in [0.25, 0.3) is 11.1 Å². The summed E-state index contributed by atoms with van der Waals surface area (Å²) in [5.41, 5.74) is 4.56. The van der Waals surface area contributed by atoms with Crippen LogP contribution in [-0.2, 0) is 0 Å². The quantitative estimate of drug-likeness (QED) is 0.518. The van der Waals surface area contributed by atoms with Crippen molar-refractivity contribution < 1.29 is 0 Å². The van der Waals surface area contributed by atoms with Crippen LogP contribution in [0.15, 0.2) is 81.7 Å². The van der Waals surface area contributed by atoms with Crippen LogP contribution >= 0.6 is 31.9 Å². The van der Waals surface area contributed by atoms with E-state index in [1.165, 1.54) is 11.1 Å². The Hall–Kier alpha value is -1.58. The molecule has 0 fully saturated rings. The van der Waals surface area contributed by atoms with Crippen molar-refractivity contribution >= 4 is 43.2 Å². The molecule has 0 aromatic heterocycles. The molecule has 21 heavy (non-hydrogen) atoms. The van der Waals surface area contributed by atoms with Gasteiger partial charge in [0.2, 0.25) is 0 Å². The van der Waals surface area contributed by atoms with Gasteiger partial charge in [0, 0.05) is 14.6 Å². The molecule has 0 spiro atoms. The van der Waals surface area contributed by atoms with Crippen molar-refractivity contribution in [3.8, 4) is 11.1 Å². The van der Waals surface area contributed by atoms with Gasteiger partial charge in [0.25, 0.3) is 0 Å². The van der Waals surface area contributed by atoms with E-state index in [1.54, 1.807) is 0 Å². The van der Waals surface area contributed by atoms with E-state index in [1.807, 2.05) is 24.3 Å². The van der Waals surface area contributed by atoms with Gasteiger partial charge in [-0.2, -0.15) is 0 Å². The molecular formula is C18H13Br2N. The maximum absolute atomic E-state index is 3.56. The average Bonchev–Trinajstić information content (AvgIpc) is 2.52. The monoisotopic (exact) mass is 401 g/mol. The highest BCUT2D eigenvalue weighted by Gasteiger charge is 2.02. The largest absolute Gasteiger partial charge is 0.355 e. The summed E-state index contributed by atoms with van der Waals surface area (Å²) in [7, 11) is 0. The number of halogens is 2. The smallest absolute Gasteiger partial charge is 0.0529 e. The van der Waals surface area contributed by atoms with Crippen molar-refractivity contribution in [1.29, 1.82) is 0 Å². The minimum absolute atomic E-state index is 1.03. The summed E-state index contributed by atoms with van der Waals surface area (Å²) >= 11 is 7.02. The minimum atomic E-state index is 1.03. The minimum Gasteiger partial charge on any atom is -0.355 e. The van der Waals surface area contributed by atoms with Gasteiger partial charge in [0.05, 0.1) is 5.69 Å². The molecule has 3 aromatic carbocycles. The number of anilines is 2. The van der Waals surface area contributed by atoms with Gasteiger partial charge in [-0.25, -0.2) is 0 Å². The van der Waals surface area contributed by atoms with Crippen molar-refractivity contribution in [2.24, 2.45) is 0 Å². The van der Waals surface area contributed by atoms with Crippen molar-refractivity contribution in [3.63, 3.8) is 0 Å². The fourth-order valence-electron chi connectivity index (χ4n) is 2.12. The molecule has 1 N–H and O–H groups in total. The number of nitrogens with one attached hydrogen (secondary N) is 1. The van der Waals surface area contributed by atoms with Crippen LogP contribution in [0.1, 0.15) is 0 Å². The van der Waals surface area contributed by atoms with E-state index < -0.39 is 0 Å². The lowest BCUT2D eigenvalue weighted by molar-refractivity contribution is 1.50. The third kappa shape index (κ3) is 3.55. The van der Waals surface area contributed by atoms with Crippen LogP contribution in [0.5, 0.6) is 0 Å². The fourth-order valence-corrected chi connectivity index (χ4v) is 3.27. The molecule has 3 heteroatoms. The Bertz CT molecular complexity index is 737. The normalized spacial score (nSPS) is 10.4. The van der Waals surface area contributed by atoms with Gasteiger partial charge in [-0.3, -0.25) is 0 Å². The summed E-state index contributed by atoms with van der Waals surface area (Å²) in [4.78, 5) is 0. The lowest BCUT2D eigenvalue weighted by Crippen LogP contribution is -1.91. The van der Waals surface area contributed by atoms with Crippen LogP contribution in [0, 0.1) is 0 Å². The maximum Gasteiger partial charge on any atom is 0.0529 e. The van der Waals surface area contributed by atoms with E-state index in [9.17, 15) is 0 Å². The Labute approximate surface area is 141 Å². The van der Waals surface area contributed by atoms with Gasteiger partial charge in [-0.1, -0.05) is 58.4 Å². The summed E-state index contributed by atoms with van der Waals surface area (Å²) in [5, 5.41) is 3.41. The molecular weight excluding hydrogens is 390 g/mol. The highest BCUT2D eigenvalue weighted by atomic mass is 79.9. The lowest BCUT2D eigenvalue weighted by Gasteiger charge is -2.10. The second-order valence-corrected chi connectivity index (χ2v) is 6.46. The molecule has 0 aliphatic heterocycles. The van der Waals surface area contributed by atoms with Crippen molar-refractivity contribution in [1.82, 2.24) is 0 Å². The topological polar surface area (TPSA) is 12.0 Å². The fraction of sp³-hybridized carbons (Fsp3) is 0. The molecule has 0 saturated heterocycles. The van der Waals surface area contributed by atoms with Crippen LogP contribution in [0.2, 0.25) is 0 Å². The Morgan fingerprint density at radius 1 is 0.667 bits per heavy atom. The molecule has 3 aromatic rings. The highest BCUT2D eigenvalue weighted by Crippen LogP contribution is 2.29. The van der Waals surface area contributed by atoms with Crippen LogP contribution < -0.4 is 5.32 Å². The third-order valence-electron chi connectivity index (χ3n) is 3.20. The van der Waals surface area contributed by atoms with Crippen molar-refractivity contribution in [3.05, 3.63) is 81.7 Å². The lowest BCUT2D eigenvalue weighted by atomic mass is 10.1. The highest BCUT2D eigenvalue weighted by molar-refractivity contribution is 9.11. The number of benzene rings is 3. The van der Waals surface area contributed by atoms with Gasteiger partial charge >= 0.3 is 0 Å². The second-order valence-electron chi connectivity index (χ2n) is 4.69. The molecule has 0 bridgehead atoms. The van der Waals surface area contributed by atoms with Gasteiger partial charge in [0.1, 0.15) is 0 Å². The first kappa shape index (κ1) is 14.4. The summed E-state index contributed by atoms with van der Waals surface area (Å²) in [5.74, 6) is 0. The number of hydrogen-bond donors (Lipinski definition) is 1. The Morgan fingerprint density at radius 2 is 1.33 bits per heavy atom. The molecule has 0 heterocycles. The molecule has 3 rings (SSSR count). The molecule has 0 amide bonds. The van der Waals surface area contributed by atoms with Crippen LogP contribution in [-0.4, -0.2) is 0 Å². The van der Waals surface area contributed by atoms with E-state index in [4.69, 9.17) is 0 Å². The number of rotatable bonds is 3.